The zero-order valence-corrected chi connectivity index (χ0v) is 11.3. The number of halogens is 2. The van der Waals surface area contributed by atoms with Crippen molar-refractivity contribution in [3.8, 4) is 0 Å². The van der Waals surface area contributed by atoms with Crippen molar-refractivity contribution in [2.75, 3.05) is 31.6 Å². The molecule has 21 heavy (non-hydrogen) atoms. The Morgan fingerprint density at radius 3 is 2.95 bits per heavy atom. The highest BCUT2D eigenvalue weighted by Crippen LogP contribution is 2.17. The quantitative estimate of drug-likeness (QED) is 0.663. The van der Waals surface area contributed by atoms with Gasteiger partial charge < -0.3 is 20.9 Å². The molecule has 2 aromatic rings. The Kier molecular flexibility index (Phi) is 4.26. The molecular formula is C11H15F2N7O. The fourth-order valence-corrected chi connectivity index (χ4v) is 1.69. The van der Waals surface area contributed by atoms with Crippen molar-refractivity contribution in [2.45, 2.75) is 5.92 Å². The number of hydrogen-bond donors (Lipinski definition) is 3. The Morgan fingerprint density at radius 2 is 2.24 bits per heavy atom. The minimum Gasteiger partial charge on any atom is -0.348 e. The Hall–Kier alpha value is -2.36. The molecule has 1 amide bonds. The van der Waals surface area contributed by atoms with Gasteiger partial charge in [-0.3, -0.25) is 4.79 Å². The molecule has 0 unspecified atom stereocenters. The van der Waals surface area contributed by atoms with Crippen LogP contribution < -0.4 is 16.0 Å². The van der Waals surface area contributed by atoms with Crippen LogP contribution >= 0.6 is 0 Å². The van der Waals surface area contributed by atoms with Gasteiger partial charge in [-0.25, -0.2) is 23.7 Å². The van der Waals surface area contributed by atoms with Gasteiger partial charge in [-0.05, 0) is 0 Å². The van der Waals surface area contributed by atoms with Crippen LogP contribution in [0.1, 0.15) is 0 Å². The second-order valence-corrected chi connectivity index (χ2v) is 4.49. The first-order valence-electron chi connectivity index (χ1n) is 6.13. The molecule has 0 fully saturated rings. The molecule has 0 aliphatic rings. The average molecular weight is 299 g/mol. The number of likely N-dealkylation sites (N-methyl/N-ethyl adjacent to an activating group) is 1. The molecule has 4 N–H and O–H groups in total. The van der Waals surface area contributed by atoms with Gasteiger partial charge in [-0.15, -0.1) is 0 Å². The van der Waals surface area contributed by atoms with E-state index < -0.39 is 24.9 Å². The fraction of sp³-hybridized carbons (Fsp3) is 0.455. The van der Waals surface area contributed by atoms with Gasteiger partial charge in [-0.1, -0.05) is 0 Å². The smallest absolute Gasteiger partial charge is 0.277 e. The normalized spacial score (nSPS) is 11.6. The van der Waals surface area contributed by atoms with Crippen molar-refractivity contribution in [1.82, 2.24) is 25.3 Å². The summed E-state index contributed by atoms with van der Waals surface area (Å²) >= 11 is 0. The zero-order chi connectivity index (χ0) is 15.5. The van der Waals surface area contributed by atoms with Crippen LogP contribution in [0.4, 0.5) is 14.6 Å². The van der Waals surface area contributed by atoms with Gasteiger partial charge in [0.25, 0.3) is 5.92 Å². The van der Waals surface area contributed by atoms with E-state index in [1.54, 1.807) is 7.05 Å². The minimum absolute atomic E-state index is 0.133. The number of nitrogens with one attached hydrogen (secondary N) is 2. The van der Waals surface area contributed by atoms with Crippen molar-refractivity contribution < 1.29 is 13.6 Å². The van der Waals surface area contributed by atoms with Gasteiger partial charge in [0.15, 0.2) is 11.5 Å². The molecule has 0 radical (unpaired) electrons. The molecule has 2 aromatic heterocycles. The monoisotopic (exact) mass is 299 g/mol. The summed E-state index contributed by atoms with van der Waals surface area (Å²) in [5.74, 6) is -3.21. The number of aromatic nitrogens is 4. The van der Waals surface area contributed by atoms with Crippen LogP contribution in [0.3, 0.4) is 0 Å². The maximum absolute atomic E-state index is 13.0. The van der Waals surface area contributed by atoms with Crippen molar-refractivity contribution in [3.63, 3.8) is 0 Å². The summed E-state index contributed by atoms with van der Waals surface area (Å²) < 4.78 is 25.9. The Bertz CT molecular complexity index is 630. The lowest BCUT2D eigenvalue weighted by Crippen LogP contribution is -2.44. The highest BCUT2D eigenvalue weighted by Gasteiger charge is 2.27. The van der Waals surface area contributed by atoms with Crippen molar-refractivity contribution in [2.24, 2.45) is 5.73 Å². The number of alkyl halides is 2. The molecule has 0 aliphatic carbocycles. The Balaban J connectivity index is 1.99. The van der Waals surface area contributed by atoms with E-state index in [2.05, 4.69) is 25.3 Å². The molecule has 114 valence electrons. The SMILES string of the molecule is CN(CC(=O)NCC(F)(F)CN)c1ncnc2nc[nH]c12. The Labute approximate surface area is 118 Å². The van der Waals surface area contributed by atoms with Gasteiger partial charge in [0, 0.05) is 7.05 Å². The van der Waals surface area contributed by atoms with E-state index in [0.29, 0.717) is 17.0 Å². The van der Waals surface area contributed by atoms with Crippen LogP contribution in [0, 0.1) is 0 Å². The highest BCUT2D eigenvalue weighted by atomic mass is 19.3. The summed E-state index contributed by atoms with van der Waals surface area (Å²) in [5, 5.41) is 2.14. The minimum atomic E-state index is -3.11. The number of hydrogen-bond acceptors (Lipinski definition) is 6. The van der Waals surface area contributed by atoms with Gasteiger partial charge in [0.2, 0.25) is 5.91 Å². The summed E-state index contributed by atoms with van der Waals surface area (Å²) in [5.41, 5.74) is 5.93. The van der Waals surface area contributed by atoms with E-state index >= 15 is 0 Å². The molecule has 0 saturated carbocycles. The van der Waals surface area contributed by atoms with Gasteiger partial charge in [-0.2, -0.15) is 0 Å². The highest BCUT2D eigenvalue weighted by molar-refractivity contribution is 5.86. The lowest BCUT2D eigenvalue weighted by molar-refractivity contribution is -0.121. The van der Waals surface area contributed by atoms with E-state index in [9.17, 15) is 13.6 Å². The molecule has 0 bridgehead atoms. The number of carbonyl (C=O) groups is 1. The molecule has 2 rings (SSSR count). The topological polar surface area (TPSA) is 113 Å². The molecule has 10 heteroatoms. The first-order chi connectivity index (χ1) is 9.93. The fourth-order valence-electron chi connectivity index (χ4n) is 1.69. The van der Waals surface area contributed by atoms with E-state index in [-0.39, 0.29) is 6.54 Å². The van der Waals surface area contributed by atoms with Crippen LogP contribution in [-0.2, 0) is 4.79 Å². The first-order valence-corrected chi connectivity index (χ1v) is 6.13. The summed E-state index contributed by atoms with van der Waals surface area (Å²) in [6.45, 7) is -1.74. The van der Waals surface area contributed by atoms with Gasteiger partial charge in [0.1, 0.15) is 11.8 Å². The maximum atomic E-state index is 13.0. The summed E-state index contributed by atoms with van der Waals surface area (Å²) in [6.07, 6.45) is 2.77. The standard InChI is InChI=1S/C11H15F2N7O/c1-20(2-7(21)15-4-11(12,13)3-14)10-8-9(17-5-16-8)18-6-19-10/h5-6H,2-4,14H2,1H3,(H,15,21)(H,16,17,18,19). The van der Waals surface area contributed by atoms with Crippen LogP contribution in [-0.4, -0.2) is 58.4 Å². The molecule has 2 heterocycles. The van der Waals surface area contributed by atoms with E-state index in [1.165, 1.54) is 17.6 Å². The number of nitrogens with two attached hydrogens (primary N) is 1. The first kappa shape index (κ1) is 15.0. The van der Waals surface area contributed by atoms with E-state index in [4.69, 9.17) is 5.73 Å². The van der Waals surface area contributed by atoms with Crippen LogP contribution in [0.2, 0.25) is 0 Å². The Morgan fingerprint density at radius 1 is 1.48 bits per heavy atom. The molecule has 0 spiro atoms. The lowest BCUT2D eigenvalue weighted by Gasteiger charge is -2.19. The number of nitrogens with zero attached hydrogens (tertiary/aromatic N) is 4. The van der Waals surface area contributed by atoms with Crippen molar-refractivity contribution in [1.29, 1.82) is 0 Å². The van der Waals surface area contributed by atoms with Crippen LogP contribution in [0.25, 0.3) is 11.2 Å². The van der Waals surface area contributed by atoms with Crippen molar-refractivity contribution in [3.05, 3.63) is 12.7 Å². The van der Waals surface area contributed by atoms with Gasteiger partial charge >= 0.3 is 0 Å². The van der Waals surface area contributed by atoms with Crippen LogP contribution in [0.15, 0.2) is 12.7 Å². The number of aromatic amines is 1. The molecule has 0 aromatic carbocycles. The number of fused-ring (bicyclic) bond motifs is 1. The third kappa shape index (κ3) is 3.60. The van der Waals surface area contributed by atoms with E-state index in [0.717, 1.165) is 0 Å². The number of carbonyl (C=O) groups excluding carboxylic acids is 1. The number of amides is 1. The number of rotatable bonds is 6. The average Bonchev–Trinajstić information content (AvgIpc) is 2.93. The summed E-state index contributed by atoms with van der Waals surface area (Å²) in [6, 6.07) is 0. The van der Waals surface area contributed by atoms with E-state index in [1.807, 2.05) is 0 Å². The summed E-state index contributed by atoms with van der Waals surface area (Å²) in [7, 11) is 1.61. The third-order valence-corrected chi connectivity index (χ3v) is 2.79. The predicted molar refractivity (Wildman–Crippen MR) is 72.0 cm³/mol. The molecule has 0 aliphatic heterocycles. The molecule has 0 saturated heterocycles. The van der Waals surface area contributed by atoms with Crippen LogP contribution in [0.5, 0.6) is 0 Å². The zero-order valence-electron chi connectivity index (χ0n) is 11.3. The van der Waals surface area contributed by atoms with Crippen molar-refractivity contribution >= 4 is 22.9 Å². The second kappa shape index (κ2) is 5.95. The molecular weight excluding hydrogens is 284 g/mol. The largest absolute Gasteiger partial charge is 0.348 e. The lowest BCUT2D eigenvalue weighted by atomic mass is 10.3. The number of anilines is 1. The molecule has 0 atom stereocenters. The summed E-state index contributed by atoms with van der Waals surface area (Å²) in [4.78, 5) is 28.0. The maximum Gasteiger partial charge on any atom is 0.277 e. The molecule has 8 nitrogen and oxygen atoms in total. The second-order valence-electron chi connectivity index (χ2n) is 4.49. The number of imidazole rings is 1. The number of H-pyrrole nitrogens is 1. The van der Waals surface area contributed by atoms with Gasteiger partial charge in [0.05, 0.1) is 26.0 Å². The predicted octanol–water partition coefficient (Wildman–Crippen LogP) is -0.501. The third-order valence-electron chi connectivity index (χ3n) is 2.79.